The van der Waals surface area contributed by atoms with Gasteiger partial charge in [0.15, 0.2) is 0 Å². The molecule has 1 aromatic heterocycles. The number of aromatic amines is 1. The number of nitrogens with one attached hydrogen (secondary N) is 1. The van der Waals surface area contributed by atoms with Crippen molar-refractivity contribution in [3.05, 3.63) is 63.9 Å². The first-order valence-electron chi connectivity index (χ1n) is 9.40. The molecule has 0 saturated carbocycles. The van der Waals surface area contributed by atoms with Gasteiger partial charge in [-0.2, -0.15) is 11.8 Å². The average molecular weight is 429 g/mol. The quantitative estimate of drug-likeness (QED) is 0.663. The van der Waals surface area contributed by atoms with Gasteiger partial charge in [0.1, 0.15) is 5.82 Å². The molecule has 8 heteroatoms. The molecule has 1 atom stereocenters. The van der Waals surface area contributed by atoms with Crippen molar-refractivity contribution in [3.8, 4) is 0 Å². The van der Waals surface area contributed by atoms with Crippen molar-refractivity contribution in [2.45, 2.75) is 12.8 Å². The van der Waals surface area contributed by atoms with E-state index in [9.17, 15) is 9.59 Å². The minimum atomic E-state index is -0.528. The Bertz CT molecular complexity index is 1090. The highest BCUT2D eigenvalue weighted by Gasteiger charge is 2.23. The summed E-state index contributed by atoms with van der Waals surface area (Å²) in [4.78, 5) is 34.7. The van der Waals surface area contributed by atoms with Crippen LogP contribution in [0.25, 0.3) is 11.0 Å². The van der Waals surface area contributed by atoms with Gasteiger partial charge >= 0.3 is 0 Å². The van der Waals surface area contributed by atoms with Crippen LogP contribution in [0.5, 0.6) is 0 Å². The molecule has 2 aromatic carbocycles. The zero-order chi connectivity index (χ0) is 20.5. The Balaban J connectivity index is 1.73. The molecule has 1 aliphatic heterocycles. The lowest BCUT2D eigenvalue weighted by molar-refractivity contribution is 0.0771. The second-order valence-electron chi connectivity index (χ2n) is 7.08. The number of amides is 2. The fourth-order valence-corrected chi connectivity index (χ4v) is 4.66. The molecule has 1 fully saturated rings. The first-order valence-corrected chi connectivity index (χ1v) is 10.9. The van der Waals surface area contributed by atoms with Crippen LogP contribution in [0.4, 0.5) is 0 Å². The number of rotatable bonds is 4. The number of imidazole rings is 1. The number of carbonyl (C=O) groups is 2. The van der Waals surface area contributed by atoms with Crippen LogP contribution in [-0.4, -0.2) is 51.3 Å². The molecular formula is C21H21ClN4O2S. The maximum absolute atomic E-state index is 12.9. The third-order valence-corrected chi connectivity index (χ3v) is 6.38. The van der Waals surface area contributed by atoms with Crippen molar-refractivity contribution in [1.82, 2.24) is 14.9 Å². The number of hydrogen-bond acceptors (Lipinski definition) is 4. The summed E-state index contributed by atoms with van der Waals surface area (Å²) in [7, 11) is 0. The number of nitrogens with two attached hydrogens (primary N) is 1. The van der Waals surface area contributed by atoms with E-state index in [0.717, 1.165) is 35.6 Å². The van der Waals surface area contributed by atoms with E-state index in [1.165, 1.54) is 0 Å². The van der Waals surface area contributed by atoms with Crippen molar-refractivity contribution in [2.24, 2.45) is 5.73 Å². The highest BCUT2D eigenvalue weighted by Crippen LogP contribution is 2.29. The van der Waals surface area contributed by atoms with Crippen LogP contribution in [0.3, 0.4) is 0 Å². The number of thioether (sulfide) groups is 1. The van der Waals surface area contributed by atoms with E-state index in [0.29, 0.717) is 27.5 Å². The molecule has 29 heavy (non-hydrogen) atoms. The summed E-state index contributed by atoms with van der Waals surface area (Å²) in [6, 6.07) is 10.5. The van der Waals surface area contributed by atoms with Crippen molar-refractivity contribution in [2.75, 3.05) is 24.6 Å². The molecule has 1 saturated heterocycles. The maximum atomic E-state index is 12.9. The van der Waals surface area contributed by atoms with E-state index < -0.39 is 5.91 Å². The summed E-state index contributed by atoms with van der Waals surface area (Å²) >= 11 is 7.92. The maximum Gasteiger partial charge on any atom is 0.253 e. The fourth-order valence-electron chi connectivity index (χ4n) is 3.58. The third-order valence-electron chi connectivity index (χ3n) is 5.20. The smallest absolute Gasteiger partial charge is 0.253 e. The second-order valence-corrected chi connectivity index (χ2v) is 8.74. The molecule has 0 aliphatic carbocycles. The van der Waals surface area contributed by atoms with Crippen LogP contribution in [0.15, 0.2) is 36.4 Å². The number of primary amides is 1. The second kappa shape index (κ2) is 8.08. The number of fused-ring (bicyclic) bond motifs is 1. The predicted molar refractivity (Wildman–Crippen MR) is 117 cm³/mol. The van der Waals surface area contributed by atoms with Crippen LogP contribution in [0.2, 0.25) is 5.02 Å². The van der Waals surface area contributed by atoms with E-state index in [1.54, 1.807) is 24.3 Å². The van der Waals surface area contributed by atoms with Crippen LogP contribution in [0, 0.1) is 0 Å². The van der Waals surface area contributed by atoms with E-state index >= 15 is 0 Å². The molecular weight excluding hydrogens is 408 g/mol. The highest BCUT2D eigenvalue weighted by molar-refractivity contribution is 7.99. The van der Waals surface area contributed by atoms with E-state index in [2.05, 4.69) is 9.97 Å². The van der Waals surface area contributed by atoms with Gasteiger partial charge in [-0.05, 0) is 42.0 Å². The van der Waals surface area contributed by atoms with Gasteiger partial charge < -0.3 is 15.6 Å². The molecule has 0 bridgehead atoms. The summed E-state index contributed by atoms with van der Waals surface area (Å²) in [6.45, 7) is 3.40. The van der Waals surface area contributed by atoms with Gasteiger partial charge in [-0.25, -0.2) is 4.98 Å². The topological polar surface area (TPSA) is 92.1 Å². The first kappa shape index (κ1) is 19.8. The first-order chi connectivity index (χ1) is 13.9. The largest absolute Gasteiger partial charge is 0.366 e. The SMILES string of the molecule is CC(c1nc2ccc(Cl)cc2[nH]1)c1cc(C(=O)N2CCSCC2)ccc1C(N)=O. The van der Waals surface area contributed by atoms with Crippen molar-refractivity contribution < 1.29 is 9.59 Å². The minimum Gasteiger partial charge on any atom is -0.366 e. The lowest BCUT2D eigenvalue weighted by Crippen LogP contribution is -2.38. The van der Waals surface area contributed by atoms with Gasteiger partial charge in [0, 0.05) is 46.7 Å². The highest BCUT2D eigenvalue weighted by atomic mass is 35.5. The summed E-state index contributed by atoms with van der Waals surface area (Å²) in [5.41, 5.74) is 8.84. The number of hydrogen-bond donors (Lipinski definition) is 2. The van der Waals surface area contributed by atoms with Crippen LogP contribution in [-0.2, 0) is 0 Å². The summed E-state index contributed by atoms with van der Waals surface area (Å²) in [6.07, 6.45) is 0. The molecule has 3 aromatic rings. The Labute approximate surface area is 177 Å². The zero-order valence-electron chi connectivity index (χ0n) is 15.9. The summed E-state index contributed by atoms with van der Waals surface area (Å²) in [5.74, 6) is 1.76. The van der Waals surface area contributed by atoms with E-state index in [1.807, 2.05) is 35.7 Å². The van der Waals surface area contributed by atoms with Crippen molar-refractivity contribution in [3.63, 3.8) is 0 Å². The van der Waals surface area contributed by atoms with Crippen LogP contribution in [0.1, 0.15) is 44.9 Å². The molecule has 2 heterocycles. The lowest BCUT2D eigenvalue weighted by atomic mass is 9.92. The Morgan fingerprint density at radius 3 is 2.69 bits per heavy atom. The molecule has 150 valence electrons. The third kappa shape index (κ3) is 3.97. The fraction of sp³-hybridized carbons (Fsp3) is 0.286. The van der Waals surface area contributed by atoms with Gasteiger partial charge in [0.05, 0.1) is 11.0 Å². The normalized spacial score (nSPS) is 15.4. The van der Waals surface area contributed by atoms with Gasteiger partial charge in [-0.3, -0.25) is 9.59 Å². The summed E-state index contributed by atoms with van der Waals surface area (Å²) < 4.78 is 0. The summed E-state index contributed by atoms with van der Waals surface area (Å²) in [5, 5.41) is 0.616. The number of aromatic nitrogens is 2. The number of benzene rings is 2. The lowest BCUT2D eigenvalue weighted by Gasteiger charge is -2.27. The van der Waals surface area contributed by atoms with Gasteiger partial charge in [0.25, 0.3) is 5.91 Å². The molecule has 0 radical (unpaired) electrons. The molecule has 0 spiro atoms. The zero-order valence-corrected chi connectivity index (χ0v) is 17.5. The molecule has 2 amide bonds. The Hall–Kier alpha value is -2.51. The average Bonchev–Trinajstić information content (AvgIpc) is 3.16. The monoisotopic (exact) mass is 428 g/mol. The number of nitrogens with zero attached hydrogens (tertiary/aromatic N) is 2. The molecule has 3 N–H and O–H groups in total. The predicted octanol–water partition coefficient (Wildman–Crippen LogP) is 3.66. The van der Waals surface area contributed by atoms with Gasteiger partial charge in [-0.15, -0.1) is 0 Å². The van der Waals surface area contributed by atoms with Crippen LogP contribution < -0.4 is 5.73 Å². The molecule has 1 aliphatic rings. The van der Waals surface area contributed by atoms with Crippen molar-refractivity contribution >= 4 is 46.2 Å². The molecule has 1 unspecified atom stereocenters. The van der Waals surface area contributed by atoms with Crippen molar-refractivity contribution in [1.29, 1.82) is 0 Å². The number of H-pyrrole nitrogens is 1. The Morgan fingerprint density at radius 1 is 1.21 bits per heavy atom. The number of carbonyl (C=O) groups excluding carboxylic acids is 2. The van der Waals surface area contributed by atoms with Crippen LogP contribution >= 0.6 is 23.4 Å². The Kier molecular flexibility index (Phi) is 5.52. The number of halogens is 1. The van der Waals surface area contributed by atoms with E-state index in [-0.39, 0.29) is 11.8 Å². The minimum absolute atomic E-state index is 0.0221. The van der Waals surface area contributed by atoms with Gasteiger partial charge in [0.2, 0.25) is 5.91 Å². The van der Waals surface area contributed by atoms with E-state index in [4.69, 9.17) is 17.3 Å². The molecule has 6 nitrogen and oxygen atoms in total. The standard InChI is InChI=1S/C21H21ClN4O2S/c1-12(20-24-17-5-3-14(22)11-18(17)25-20)16-10-13(2-4-15(16)19(23)27)21(28)26-6-8-29-9-7-26/h2-5,10-12H,6-9H2,1H3,(H2,23,27)(H,24,25). The Morgan fingerprint density at radius 2 is 1.97 bits per heavy atom. The van der Waals surface area contributed by atoms with Gasteiger partial charge in [-0.1, -0.05) is 18.5 Å². The molecule has 4 rings (SSSR count).